The summed E-state index contributed by atoms with van der Waals surface area (Å²) in [6.45, 7) is 4.28. The average Bonchev–Trinajstić information content (AvgIpc) is 2.58. The molecule has 3 heteroatoms. The van der Waals surface area contributed by atoms with Gasteiger partial charge in [-0.25, -0.2) is 4.98 Å². The Morgan fingerprint density at radius 3 is 2.83 bits per heavy atom. The highest BCUT2D eigenvalue weighted by Gasteiger charge is 2.39. The molecule has 66 valence electrons. The molecule has 1 saturated carbocycles. The van der Waals surface area contributed by atoms with Crippen LogP contribution in [-0.2, 0) is 0 Å². The van der Waals surface area contributed by atoms with Crippen molar-refractivity contribution in [2.45, 2.75) is 26.3 Å². The van der Waals surface area contributed by atoms with Crippen molar-refractivity contribution in [1.82, 2.24) is 4.98 Å². The van der Waals surface area contributed by atoms with Crippen molar-refractivity contribution in [1.29, 1.82) is 0 Å². The van der Waals surface area contributed by atoms with E-state index in [0.29, 0.717) is 5.92 Å². The van der Waals surface area contributed by atoms with Crippen LogP contribution in [0.25, 0.3) is 0 Å². The standard InChI is InChI=1S/C9H14N2S/c1-5-3-7(5)9(10)8-4-12-6(2)11-8/h4-5,7,9H,3,10H2,1-2H3. The Morgan fingerprint density at radius 2 is 2.42 bits per heavy atom. The van der Waals surface area contributed by atoms with E-state index in [1.54, 1.807) is 11.3 Å². The van der Waals surface area contributed by atoms with Crippen LogP contribution in [-0.4, -0.2) is 4.98 Å². The highest BCUT2D eigenvalue weighted by molar-refractivity contribution is 7.09. The van der Waals surface area contributed by atoms with Gasteiger partial charge in [0.1, 0.15) is 0 Å². The van der Waals surface area contributed by atoms with Crippen LogP contribution in [0.4, 0.5) is 0 Å². The Kier molecular flexibility index (Phi) is 1.93. The van der Waals surface area contributed by atoms with E-state index in [2.05, 4.69) is 17.3 Å². The summed E-state index contributed by atoms with van der Waals surface area (Å²) in [5.41, 5.74) is 7.14. The molecule has 3 unspecified atom stereocenters. The van der Waals surface area contributed by atoms with E-state index in [1.165, 1.54) is 6.42 Å². The minimum absolute atomic E-state index is 0.185. The van der Waals surface area contributed by atoms with Gasteiger partial charge in [-0.05, 0) is 25.2 Å². The summed E-state index contributed by atoms with van der Waals surface area (Å²) in [6, 6.07) is 0.185. The lowest BCUT2D eigenvalue weighted by Crippen LogP contribution is -2.13. The topological polar surface area (TPSA) is 38.9 Å². The van der Waals surface area contributed by atoms with Gasteiger partial charge in [0.25, 0.3) is 0 Å². The quantitative estimate of drug-likeness (QED) is 0.760. The molecule has 0 bridgehead atoms. The molecule has 3 atom stereocenters. The number of rotatable bonds is 2. The van der Waals surface area contributed by atoms with E-state index in [1.807, 2.05) is 6.92 Å². The SMILES string of the molecule is Cc1nc(C(N)C2CC2C)cs1. The smallest absolute Gasteiger partial charge is 0.0898 e. The zero-order valence-corrected chi connectivity index (χ0v) is 8.27. The first-order chi connectivity index (χ1) is 5.68. The lowest BCUT2D eigenvalue weighted by Gasteiger charge is -2.05. The summed E-state index contributed by atoms with van der Waals surface area (Å²) >= 11 is 1.69. The van der Waals surface area contributed by atoms with Gasteiger partial charge in [0, 0.05) is 5.38 Å². The van der Waals surface area contributed by atoms with Gasteiger partial charge in [-0.15, -0.1) is 11.3 Å². The highest BCUT2D eigenvalue weighted by Crippen LogP contribution is 2.45. The maximum absolute atomic E-state index is 6.05. The van der Waals surface area contributed by atoms with E-state index >= 15 is 0 Å². The van der Waals surface area contributed by atoms with Crippen LogP contribution in [0.15, 0.2) is 5.38 Å². The van der Waals surface area contributed by atoms with E-state index < -0.39 is 0 Å². The van der Waals surface area contributed by atoms with Crippen LogP contribution in [0.5, 0.6) is 0 Å². The van der Waals surface area contributed by atoms with Gasteiger partial charge in [-0.3, -0.25) is 0 Å². The summed E-state index contributed by atoms with van der Waals surface area (Å²) in [5.74, 6) is 1.49. The lowest BCUT2D eigenvalue weighted by atomic mass is 10.1. The predicted molar refractivity (Wildman–Crippen MR) is 51.1 cm³/mol. The number of nitrogens with zero attached hydrogens (tertiary/aromatic N) is 1. The minimum Gasteiger partial charge on any atom is -0.322 e. The van der Waals surface area contributed by atoms with Crippen molar-refractivity contribution in [3.8, 4) is 0 Å². The maximum Gasteiger partial charge on any atom is 0.0898 e. The van der Waals surface area contributed by atoms with E-state index in [0.717, 1.165) is 16.6 Å². The fraction of sp³-hybridized carbons (Fsp3) is 0.667. The molecule has 1 heterocycles. The molecule has 2 rings (SSSR count). The molecule has 1 aliphatic rings. The molecule has 0 saturated heterocycles. The second-order valence-electron chi connectivity index (χ2n) is 3.69. The molecule has 2 nitrogen and oxygen atoms in total. The molecular weight excluding hydrogens is 168 g/mol. The minimum atomic E-state index is 0.185. The zero-order chi connectivity index (χ0) is 8.72. The molecule has 12 heavy (non-hydrogen) atoms. The largest absolute Gasteiger partial charge is 0.322 e. The number of aryl methyl sites for hydroxylation is 1. The van der Waals surface area contributed by atoms with Crippen LogP contribution in [0.2, 0.25) is 0 Å². The second kappa shape index (κ2) is 2.82. The average molecular weight is 182 g/mol. The summed E-state index contributed by atoms with van der Waals surface area (Å²) in [7, 11) is 0. The van der Waals surface area contributed by atoms with Crippen molar-refractivity contribution < 1.29 is 0 Å². The van der Waals surface area contributed by atoms with Crippen molar-refractivity contribution >= 4 is 11.3 Å². The first-order valence-electron chi connectivity index (χ1n) is 4.36. The van der Waals surface area contributed by atoms with E-state index in [9.17, 15) is 0 Å². The van der Waals surface area contributed by atoms with Gasteiger partial charge in [0.2, 0.25) is 0 Å². The van der Waals surface area contributed by atoms with E-state index in [-0.39, 0.29) is 6.04 Å². The number of hydrogen-bond donors (Lipinski definition) is 1. The number of thiazole rings is 1. The summed E-state index contributed by atoms with van der Waals surface area (Å²) in [5, 5.41) is 3.21. The van der Waals surface area contributed by atoms with Crippen LogP contribution in [0.1, 0.15) is 30.1 Å². The fourth-order valence-electron chi connectivity index (χ4n) is 1.60. The van der Waals surface area contributed by atoms with Crippen LogP contribution >= 0.6 is 11.3 Å². The Hall–Kier alpha value is -0.410. The third kappa shape index (κ3) is 1.39. The number of aromatic nitrogens is 1. The normalized spacial score (nSPS) is 30.2. The molecule has 2 N–H and O–H groups in total. The monoisotopic (exact) mass is 182 g/mol. The molecule has 1 fully saturated rings. The molecular formula is C9H14N2S. The van der Waals surface area contributed by atoms with Gasteiger partial charge in [-0.1, -0.05) is 6.92 Å². The second-order valence-corrected chi connectivity index (χ2v) is 4.76. The number of nitrogens with two attached hydrogens (primary N) is 1. The summed E-state index contributed by atoms with van der Waals surface area (Å²) in [6.07, 6.45) is 1.28. The van der Waals surface area contributed by atoms with Gasteiger partial charge in [0.05, 0.1) is 16.7 Å². The fourth-order valence-corrected chi connectivity index (χ4v) is 2.26. The summed E-state index contributed by atoms with van der Waals surface area (Å²) in [4.78, 5) is 4.40. The third-order valence-corrected chi connectivity index (χ3v) is 3.40. The predicted octanol–water partition coefficient (Wildman–Crippen LogP) is 2.11. The highest BCUT2D eigenvalue weighted by atomic mass is 32.1. The molecule has 0 spiro atoms. The third-order valence-electron chi connectivity index (χ3n) is 2.61. The van der Waals surface area contributed by atoms with Crippen LogP contribution < -0.4 is 5.73 Å². The molecule has 1 aromatic heterocycles. The Balaban J connectivity index is 2.09. The lowest BCUT2D eigenvalue weighted by molar-refractivity contribution is 0.580. The Bertz CT molecular complexity index is 282. The van der Waals surface area contributed by atoms with Gasteiger partial charge in [0.15, 0.2) is 0 Å². The van der Waals surface area contributed by atoms with Crippen LogP contribution in [0, 0.1) is 18.8 Å². The molecule has 0 amide bonds. The molecule has 1 aliphatic carbocycles. The molecule has 1 aromatic rings. The van der Waals surface area contributed by atoms with Gasteiger partial charge < -0.3 is 5.73 Å². The first-order valence-corrected chi connectivity index (χ1v) is 5.24. The zero-order valence-electron chi connectivity index (χ0n) is 7.45. The van der Waals surface area contributed by atoms with Crippen LogP contribution in [0.3, 0.4) is 0 Å². The Morgan fingerprint density at radius 1 is 1.75 bits per heavy atom. The molecule has 0 aliphatic heterocycles. The van der Waals surface area contributed by atoms with Gasteiger partial charge in [-0.2, -0.15) is 0 Å². The van der Waals surface area contributed by atoms with Gasteiger partial charge >= 0.3 is 0 Å². The van der Waals surface area contributed by atoms with Crippen molar-refractivity contribution in [3.05, 3.63) is 16.1 Å². The Labute approximate surface area is 76.8 Å². The number of hydrogen-bond acceptors (Lipinski definition) is 3. The first kappa shape index (κ1) is 8.20. The summed E-state index contributed by atoms with van der Waals surface area (Å²) < 4.78 is 0. The molecule has 0 aromatic carbocycles. The van der Waals surface area contributed by atoms with Crippen molar-refractivity contribution in [2.75, 3.05) is 0 Å². The van der Waals surface area contributed by atoms with Crippen molar-refractivity contribution in [3.63, 3.8) is 0 Å². The van der Waals surface area contributed by atoms with E-state index in [4.69, 9.17) is 5.73 Å². The van der Waals surface area contributed by atoms with Crippen molar-refractivity contribution in [2.24, 2.45) is 17.6 Å². The maximum atomic E-state index is 6.05. The molecule has 0 radical (unpaired) electrons.